The summed E-state index contributed by atoms with van der Waals surface area (Å²) in [6.45, 7) is 10.3. The van der Waals surface area contributed by atoms with Gasteiger partial charge in [-0.1, -0.05) is 20.8 Å². The lowest BCUT2D eigenvalue weighted by Gasteiger charge is -2.47. The minimum atomic E-state index is -0.174. The highest BCUT2D eigenvalue weighted by atomic mass is 16.8. The van der Waals surface area contributed by atoms with Gasteiger partial charge in [0.25, 0.3) is 0 Å². The summed E-state index contributed by atoms with van der Waals surface area (Å²) >= 11 is 0. The number of ether oxygens (including phenoxy) is 3. The fourth-order valence-electron chi connectivity index (χ4n) is 6.86. The highest BCUT2D eigenvalue weighted by molar-refractivity contribution is 5.21. The zero-order chi connectivity index (χ0) is 15.0. The van der Waals surface area contributed by atoms with Gasteiger partial charge in [-0.2, -0.15) is 0 Å². The summed E-state index contributed by atoms with van der Waals surface area (Å²) in [6, 6.07) is 0. The van der Waals surface area contributed by atoms with E-state index in [1.165, 1.54) is 25.7 Å². The van der Waals surface area contributed by atoms with Crippen LogP contribution in [0.25, 0.3) is 0 Å². The smallest absolute Gasteiger partial charge is 0.182 e. The summed E-state index contributed by atoms with van der Waals surface area (Å²) in [5.41, 5.74) is 0.741. The van der Waals surface area contributed by atoms with Gasteiger partial charge in [0, 0.05) is 7.11 Å². The molecule has 2 bridgehead atoms. The molecule has 0 amide bonds. The third kappa shape index (κ3) is 1.61. The van der Waals surface area contributed by atoms with E-state index >= 15 is 0 Å². The molecule has 0 aromatic heterocycles. The van der Waals surface area contributed by atoms with Gasteiger partial charge in [-0.3, -0.25) is 0 Å². The van der Waals surface area contributed by atoms with Crippen molar-refractivity contribution in [1.82, 2.24) is 0 Å². The molecule has 3 nitrogen and oxygen atoms in total. The molecule has 21 heavy (non-hydrogen) atoms. The molecule has 1 saturated heterocycles. The lowest BCUT2D eigenvalue weighted by atomic mass is 9.63. The van der Waals surface area contributed by atoms with Crippen molar-refractivity contribution in [2.45, 2.75) is 71.4 Å². The third-order valence-electron chi connectivity index (χ3n) is 7.84. The highest BCUT2D eigenvalue weighted by Crippen LogP contribution is 2.74. The summed E-state index contributed by atoms with van der Waals surface area (Å²) in [6.07, 6.45) is 5.40. The summed E-state index contributed by atoms with van der Waals surface area (Å²) in [5, 5.41) is 0. The molecule has 3 heteroatoms. The summed E-state index contributed by atoms with van der Waals surface area (Å²) in [7, 11) is 1.72. The van der Waals surface area contributed by atoms with Crippen LogP contribution >= 0.6 is 0 Å². The van der Waals surface area contributed by atoms with Gasteiger partial charge in [-0.05, 0) is 61.2 Å². The highest BCUT2D eigenvalue weighted by Gasteiger charge is 2.73. The molecule has 7 atom stereocenters. The first-order valence-electron chi connectivity index (χ1n) is 8.67. The van der Waals surface area contributed by atoms with E-state index in [9.17, 15) is 0 Å². The van der Waals surface area contributed by atoms with Gasteiger partial charge in [0.2, 0.25) is 0 Å². The van der Waals surface area contributed by atoms with Gasteiger partial charge in [-0.25, -0.2) is 0 Å². The Morgan fingerprint density at radius 1 is 1.10 bits per heavy atom. The number of rotatable bonds is 2. The van der Waals surface area contributed by atoms with Crippen molar-refractivity contribution in [3.05, 3.63) is 0 Å². The van der Waals surface area contributed by atoms with Crippen LogP contribution in [0.2, 0.25) is 0 Å². The largest absolute Gasteiger partial charge is 0.379 e. The summed E-state index contributed by atoms with van der Waals surface area (Å²) in [4.78, 5) is 0. The lowest BCUT2D eigenvalue weighted by Crippen LogP contribution is -2.52. The SMILES string of the molecule is COC[C@@H]1O[C@H]2C[C@@]34C[C@@H](C(C)(C)[C@@H]3CC[C@H]4C)[C@@]2(C)O1. The van der Waals surface area contributed by atoms with Crippen LogP contribution in [0.15, 0.2) is 0 Å². The van der Waals surface area contributed by atoms with Gasteiger partial charge >= 0.3 is 0 Å². The molecular weight excluding hydrogens is 264 g/mol. The molecule has 0 aromatic rings. The van der Waals surface area contributed by atoms with Gasteiger partial charge in [0.15, 0.2) is 6.29 Å². The van der Waals surface area contributed by atoms with Gasteiger partial charge < -0.3 is 14.2 Å². The molecule has 1 spiro atoms. The van der Waals surface area contributed by atoms with Gasteiger partial charge in [0.1, 0.15) is 0 Å². The number of hydrogen-bond acceptors (Lipinski definition) is 3. The standard InChI is InChI=1S/C18H30O3/c1-11-6-7-12-16(2,3)13-8-18(11,12)9-14-17(13,4)21-15(20-14)10-19-5/h11-15H,6-10H2,1-5H3/t11-,12+,13+,14+,15-,17-,18-/m1/s1. The second-order valence-electron chi connectivity index (χ2n) is 8.86. The maximum absolute atomic E-state index is 6.41. The topological polar surface area (TPSA) is 27.7 Å². The molecule has 1 heterocycles. The van der Waals surface area contributed by atoms with Crippen LogP contribution < -0.4 is 0 Å². The molecule has 4 fully saturated rings. The van der Waals surface area contributed by atoms with Crippen LogP contribution in [0, 0.1) is 28.6 Å². The first-order valence-corrected chi connectivity index (χ1v) is 8.67. The van der Waals surface area contributed by atoms with E-state index in [0.717, 1.165) is 11.8 Å². The molecule has 3 aliphatic carbocycles. The van der Waals surface area contributed by atoms with E-state index < -0.39 is 0 Å². The van der Waals surface area contributed by atoms with Crippen LogP contribution in [0.5, 0.6) is 0 Å². The lowest BCUT2D eigenvalue weighted by molar-refractivity contribution is -0.140. The molecule has 3 saturated carbocycles. The molecule has 0 N–H and O–H groups in total. The van der Waals surface area contributed by atoms with Crippen LogP contribution in [0.3, 0.4) is 0 Å². The molecule has 4 rings (SSSR count). The van der Waals surface area contributed by atoms with E-state index in [2.05, 4.69) is 27.7 Å². The summed E-state index contributed by atoms with van der Waals surface area (Å²) in [5.74, 6) is 2.29. The van der Waals surface area contributed by atoms with Crippen LogP contribution in [-0.2, 0) is 14.2 Å². The second kappa shape index (κ2) is 4.24. The van der Waals surface area contributed by atoms with E-state index in [4.69, 9.17) is 14.2 Å². The Hall–Kier alpha value is -0.120. The van der Waals surface area contributed by atoms with Gasteiger partial charge in [0.05, 0.1) is 18.3 Å². The fraction of sp³-hybridized carbons (Fsp3) is 1.00. The van der Waals surface area contributed by atoms with Crippen LogP contribution in [-0.4, -0.2) is 31.7 Å². The molecule has 4 aliphatic rings. The first kappa shape index (κ1) is 14.5. The maximum atomic E-state index is 6.41. The number of fused-ring (bicyclic) bond motifs is 3. The Morgan fingerprint density at radius 3 is 2.57 bits per heavy atom. The fourth-order valence-corrected chi connectivity index (χ4v) is 6.86. The Balaban J connectivity index is 1.72. The molecule has 0 radical (unpaired) electrons. The monoisotopic (exact) mass is 294 g/mol. The average molecular weight is 294 g/mol. The predicted octanol–water partition coefficient (Wildman–Crippen LogP) is 3.62. The molecular formula is C18H30O3. The quantitative estimate of drug-likeness (QED) is 0.778. The van der Waals surface area contributed by atoms with Crippen molar-refractivity contribution in [3.8, 4) is 0 Å². The van der Waals surface area contributed by atoms with Crippen molar-refractivity contribution in [2.75, 3.05) is 13.7 Å². The van der Waals surface area contributed by atoms with Crippen molar-refractivity contribution >= 4 is 0 Å². The Morgan fingerprint density at radius 2 is 1.86 bits per heavy atom. The number of hydrogen-bond donors (Lipinski definition) is 0. The van der Waals surface area contributed by atoms with Crippen molar-refractivity contribution in [3.63, 3.8) is 0 Å². The van der Waals surface area contributed by atoms with Crippen LogP contribution in [0.1, 0.15) is 53.4 Å². The average Bonchev–Trinajstić information content (AvgIpc) is 2.95. The van der Waals surface area contributed by atoms with Crippen molar-refractivity contribution in [1.29, 1.82) is 0 Å². The molecule has 120 valence electrons. The predicted molar refractivity (Wildman–Crippen MR) is 80.9 cm³/mol. The van der Waals surface area contributed by atoms with Crippen molar-refractivity contribution < 1.29 is 14.2 Å². The Bertz CT molecular complexity index is 448. The van der Waals surface area contributed by atoms with E-state index in [0.29, 0.717) is 23.4 Å². The zero-order valence-electron chi connectivity index (χ0n) is 14.1. The Kier molecular flexibility index (Phi) is 2.92. The third-order valence-corrected chi connectivity index (χ3v) is 7.84. The van der Waals surface area contributed by atoms with E-state index in [-0.39, 0.29) is 18.0 Å². The van der Waals surface area contributed by atoms with Crippen LogP contribution in [0.4, 0.5) is 0 Å². The van der Waals surface area contributed by atoms with Gasteiger partial charge in [-0.15, -0.1) is 0 Å². The van der Waals surface area contributed by atoms with Crippen molar-refractivity contribution in [2.24, 2.45) is 28.6 Å². The normalized spacial score (nSPS) is 57.3. The second-order valence-corrected chi connectivity index (χ2v) is 8.86. The summed E-state index contributed by atoms with van der Waals surface area (Å²) < 4.78 is 18.0. The molecule has 0 aromatic carbocycles. The zero-order valence-corrected chi connectivity index (χ0v) is 14.1. The Labute approximate surface area is 128 Å². The minimum absolute atomic E-state index is 0.123. The molecule has 0 unspecified atom stereocenters. The molecule has 1 aliphatic heterocycles. The maximum Gasteiger partial charge on any atom is 0.182 e. The van der Waals surface area contributed by atoms with E-state index in [1.54, 1.807) is 7.11 Å². The number of methoxy groups -OCH3 is 1. The first-order chi connectivity index (χ1) is 9.84. The minimum Gasteiger partial charge on any atom is -0.379 e. The van der Waals surface area contributed by atoms with E-state index in [1.807, 2.05) is 0 Å².